The van der Waals surface area contributed by atoms with Crippen molar-refractivity contribution in [1.29, 1.82) is 0 Å². The summed E-state index contributed by atoms with van der Waals surface area (Å²) in [6.07, 6.45) is 5.24. The highest BCUT2D eigenvalue weighted by Crippen LogP contribution is 2.27. The molecule has 3 nitrogen and oxygen atoms in total. The summed E-state index contributed by atoms with van der Waals surface area (Å²) in [6.45, 7) is 6.73. The van der Waals surface area contributed by atoms with Gasteiger partial charge in [-0.2, -0.15) is 5.10 Å². The molecule has 0 amide bonds. The molecule has 2 rings (SSSR count). The van der Waals surface area contributed by atoms with Gasteiger partial charge in [0.15, 0.2) is 0 Å². The Balaban J connectivity index is 2.16. The van der Waals surface area contributed by atoms with E-state index in [0.717, 1.165) is 36.0 Å². The Morgan fingerprint density at radius 3 is 2.63 bits per heavy atom. The second-order valence-corrected chi connectivity index (χ2v) is 6.02. The summed E-state index contributed by atoms with van der Waals surface area (Å²) < 4.78 is 2.02. The summed E-state index contributed by atoms with van der Waals surface area (Å²) in [5, 5.41) is 5.31. The normalized spacial score (nSPS) is 16.7. The summed E-state index contributed by atoms with van der Waals surface area (Å²) in [4.78, 5) is 2.48. The van der Waals surface area contributed by atoms with E-state index in [1.54, 1.807) is 0 Å². The number of aryl methyl sites for hydroxylation is 2. The van der Waals surface area contributed by atoms with Gasteiger partial charge in [-0.15, -0.1) is 11.6 Å². The van der Waals surface area contributed by atoms with E-state index in [1.165, 1.54) is 25.7 Å². The van der Waals surface area contributed by atoms with Gasteiger partial charge in [0.25, 0.3) is 0 Å². The van der Waals surface area contributed by atoms with Crippen LogP contribution >= 0.6 is 23.2 Å². The van der Waals surface area contributed by atoms with Crippen molar-refractivity contribution in [2.24, 2.45) is 0 Å². The van der Waals surface area contributed by atoms with Crippen molar-refractivity contribution in [3.05, 3.63) is 16.4 Å². The van der Waals surface area contributed by atoms with Gasteiger partial charge in [-0.05, 0) is 26.7 Å². The minimum atomic E-state index is 0.662. The van der Waals surface area contributed by atoms with E-state index in [1.807, 2.05) is 11.6 Å². The third kappa shape index (κ3) is 3.45. The second-order valence-electron chi connectivity index (χ2n) is 5.26. The van der Waals surface area contributed by atoms with Crippen molar-refractivity contribution in [1.82, 2.24) is 14.7 Å². The van der Waals surface area contributed by atoms with Gasteiger partial charge in [0, 0.05) is 31.6 Å². The van der Waals surface area contributed by atoms with Crippen LogP contribution in [0.2, 0.25) is 5.02 Å². The van der Waals surface area contributed by atoms with Crippen LogP contribution in [-0.2, 0) is 13.1 Å². The Morgan fingerprint density at radius 2 is 2.05 bits per heavy atom. The molecule has 0 unspecified atom stereocenters. The Bertz CT molecular complexity index is 411. The lowest BCUT2D eigenvalue weighted by Crippen LogP contribution is -2.35. The fraction of sp³-hybridized carbons (Fsp3) is 0.786. The van der Waals surface area contributed by atoms with Crippen molar-refractivity contribution in [2.75, 3.05) is 12.4 Å². The third-order valence-corrected chi connectivity index (χ3v) is 4.68. The highest BCUT2D eigenvalue weighted by atomic mass is 35.5. The third-order valence-electron chi connectivity index (χ3n) is 4.02. The average molecular weight is 304 g/mol. The molecule has 108 valence electrons. The number of halogens is 2. The fourth-order valence-electron chi connectivity index (χ4n) is 2.98. The molecule has 1 heterocycles. The van der Waals surface area contributed by atoms with Gasteiger partial charge in [-0.1, -0.05) is 24.4 Å². The van der Waals surface area contributed by atoms with Gasteiger partial charge in [-0.25, -0.2) is 0 Å². The molecule has 0 radical (unpaired) electrons. The first-order valence-corrected chi connectivity index (χ1v) is 8.10. The molecule has 1 aromatic heterocycles. The van der Waals surface area contributed by atoms with Gasteiger partial charge >= 0.3 is 0 Å². The lowest BCUT2D eigenvalue weighted by atomic mass is 10.2. The Labute approximate surface area is 125 Å². The van der Waals surface area contributed by atoms with E-state index in [2.05, 4.69) is 16.9 Å². The largest absolute Gasteiger partial charge is 0.293 e. The maximum absolute atomic E-state index is 6.40. The molecule has 0 bridgehead atoms. The number of nitrogens with zero attached hydrogens (tertiary/aromatic N) is 3. The monoisotopic (exact) mass is 303 g/mol. The standard InChI is InChI=1S/C14H23Cl2N3/c1-3-19-13(14(16)11(2)17-19)10-18(9-8-15)12-6-4-5-7-12/h12H,3-10H2,1-2H3. The lowest BCUT2D eigenvalue weighted by Gasteiger charge is -2.28. The smallest absolute Gasteiger partial charge is 0.0860 e. The molecule has 1 aliphatic rings. The van der Waals surface area contributed by atoms with E-state index < -0.39 is 0 Å². The fourth-order valence-corrected chi connectivity index (χ4v) is 3.39. The molecule has 5 heteroatoms. The second kappa shape index (κ2) is 6.96. The molecular weight excluding hydrogens is 281 g/mol. The van der Waals surface area contributed by atoms with Crippen molar-refractivity contribution >= 4 is 23.2 Å². The predicted molar refractivity (Wildman–Crippen MR) is 81.0 cm³/mol. The Hall–Kier alpha value is -0.250. The van der Waals surface area contributed by atoms with Crippen LogP contribution < -0.4 is 0 Å². The molecule has 0 atom stereocenters. The molecule has 19 heavy (non-hydrogen) atoms. The maximum Gasteiger partial charge on any atom is 0.0860 e. The molecule has 0 aromatic carbocycles. The van der Waals surface area contributed by atoms with Crippen LogP contribution in [0.15, 0.2) is 0 Å². The van der Waals surface area contributed by atoms with Crippen LogP contribution in [0.4, 0.5) is 0 Å². The quantitative estimate of drug-likeness (QED) is 0.744. The summed E-state index contributed by atoms with van der Waals surface area (Å²) in [5.74, 6) is 0.674. The van der Waals surface area contributed by atoms with E-state index in [0.29, 0.717) is 11.9 Å². The van der Waals surface area contributed by atoms with E-state index in [9.17, 15) is 0 Å². The minimum absolute atomic E-state index is 0.662. The van der Waals surface area contributed by atoms with E-state index in [4.69, 9.17) is 23.2 Å². The topological polar surface area (TPSA) is 21.1 Å². The summed E-state index contributed by atoms with van der Waals surface area (Å²) in [6, 6.07) is 0.662. The van der Waals surface area contributed by atoms with Crippen LogP contribution in [0.1, 0.15) is 44.0 Å². The number of aromatic nitrogens is 2. The molecular formula is C14H23Cl2N3. The SMILES string of the molecule is CCn1nc(C)c(Cl)c1CN(CCCl)C1CCCC1. The molecule has 1 aromatic rings. The first-order chi connectivity index (χ1) is 9.17. The number of hydrogen-bond acceptors (Lipinski definition) is 2. The Morgan fingerprint density at radius 1 is 1.37 bits per heavy atom. The molecule has 0 aliphatic heterocycles. The van der Waals surface area contributed by atoms with E-state index in [-0.39, 0.29) is 0 Å². The molecule has 0 saturated heterocycles. The van der Waals surface area contributed by atoms with Gasteiger partial charge in [0.2, 0.25) is 0 Å². The van der Waals surface area contributed by atoms with Gasteiger partial charge in [0.1, 0.15) is 0 Å². The number of alkyl halides is 1. The first-order valence-electron chi connectivity index (χ1n) is 7.19. The molecule has 0 N–H and O–H groups in total. The summed E-state index contributed by atoms with van der Waals surface area (Å²) in [5.41, 5.74) is 2.06. The molecule has 1 aliphatic carbocycles. The number of rotatable bonds is 6. The van der Waals surface area contributed by atoms with Crippen LogP contribution in [0.25, 0.3) is 0 Å². The molecule has 1 fully saturated rings. The summed E-state index contributed by atoms with van der Waals surface area (Å²) >= 11 is 12.4. The van der Waals surface area contributed by atoms with Crippen LogP contribution in [0.5, 0.6) is 0 Å². The minimum Gasteiger partial charge on any atom is -0.293 e. The number of hydrogen-bond donors (Lipinski definition) is 0. The zero-order chi connectivity index (χ0) is 13.8. The average Bonchev–Trinajstić information content (AvgIpc) is 3.01. The lowest BCUT2D eigenvalue weighted by molar-refractivity contribution is 0.196. The van der Waals surface area contributed by atoms with Crippen molar-refractivity contribution in [3.8, 4) is 0 Å². The molecule has 0 spiro atoms. The summed E-state index contributed by atoms with van der Waals surface area (Å²) in [7, 11) is 0. The van der Waals surface area contributed by atoms with Gasteiger partial charge in [0.05, 0.1) is 16.4 Å². The highest BCUT2D eigenvalue weighted by molar-refractivity contribution is 6.31. The van der Waals surface area contributed by atoms with Crippen LogP contribution in [-0.4, -0.2) is 33.1 Å². The van der Waals surface area contributed by atoms with Crippen molar-refractivity contribution < 1.29 is 0 Å². The van der Waals surface area contributed by atoms with E-state index >= 15 is 0 Å². The predicted octanol–water partition coefficient (Wildman–Crippen LogP) is 3.85. The van der Waals surface area contributed by atoms with Crippen LogP contribution in [0, 0.1) is 6.92 Å². The maximum atomic E-state index is 6.40. The first kappa shape index (κ1) is 15.1. The van der Waals surface area contributed by atoms with Crippen LogP contribution in [0.3, 0.4) is 0 Å². The zero-order valence-corrected chi connectivity index (χ0v) is 13.3. The van der Waals surface area contributed by atoms with Gasteiger partial charge in [-0.3, -0.25) is 9.58 Å². The Kier molecular flexibility index (Phi) is 5.55. The highest BCUT2D eigenvalue weighted by Gasteiger charge is 2.24. The zero-order valence-electron chi connectivity index (χ0n) is 11.8. The van der Waals surface area contributed by atoms with Gasteiger partial charge < -0.3 is 0 Å². The van der Waals surface area contributed by atoms with Crippen molar-refractivity contribution in [2.45, 2.75) is 58.7 Å². The molecule has 1 saturated carbocycles. The van der Waals surface area contributed by atoms with Crippen molar-refractivity contribution in [3.63, 3.8) is 0 Å².